The van der Waals surface area contributed by atoms with Crippen LogP contribution in [0, 0.1) is 18.3 Å². The molecule has 0 bridgehead atoms. The Morgan fingerprint density at radius 2 is 1.79 bits per heavy atom. The number of aromatic nitrogens is 3. The number of nitrogens with zero attached hydrogens (tertiary/aromatic N) is 4. The molecule has 0 fully saturated rings. The number of anilines is 4. The second-order valence-corrected chi connectivity index (χ2v) is 8.91. The van der Waals surface area contributed by atoms with E-state index in [0.29, 0.717) is 33.4 Å². The summed E-state index contributed by atoms with van der Waals surface area (Å²) in [5, 5.41) is 21.1. The molecule has 0 unspecified atom stereocenters. The number of carbonyl (C=O) groups is 1. The highest BCUT2D eigenvalue weighted by atomic mass is 35.5. The fraction of sp³-hybridized carbons (Fsp3) is 0.0714. The van der Waals surface area contributed by atoms with Crippen LogP contribution in [0.15, 0.2) is 72.8 Å². The quantitative estimate of drug-likeness (QED) is 0.256. The van der Waals surface area contributed by atoms with Crippen molar-refractivity contribution in [1.82, 2.24) is 14.6 Å². The van der Waals surface area contributed by atoms with E-state index in [9.17, 15) is 10.1 Å². The first-order valence-corrected chi connectivity index (χ1v) is 11.9. The summed E-state index contributed by atoms with van der Waals surface area (Å²) in [4.78, 5) is 18.4. The molecule has 0 atom stereocenters. The number of nitrogens with one attached hydrogen (secondary N) is 2. The third kappa shape index (κ3) is 4.68. The van der Waals surface area contributed by atoms with Gasteiger partial charge in [-0.05, 0) is 61.5 Å². The van der Waals surface area contributed by atoms with Crippen molar-refractivity contribution in [1.29, 1.82) is 5.26 Å². The first kappa shape index (κ1) is 24.6. The van der Waals surface area contributed by atoms with Gasteiger partial charge in [-0.25, -0.2) is 4.98 Å². The van der Waals surface area contributed by atoms with E-state index in [-0.39, 0.29) is 28.4 Å². The number of nitriles is 1. The van der Waals surface area contributed by atoms with E-state index in [0.717, 1.165) is 5.56 Å². The maximum Gasteiger partial charge on any atom is 0.263 e. The molecule has 38 heavy (non-hydrogen) atoms. The Morgan fingerprint density at radius 1 is 1.08 bits per heavy atom. The van der Waals surface area contributed by atoms with Crippen molar-refractivity contribution in [2.24, 2.45) is 0 Å². The van der Waals surface area contributed by atoms with E-state index in [1.807, 2.05) is 31.2 Å². The molecule has 2 heterocycles. The van der Waals surface area contributed by atoms with Crippen molar-refractivity contribution in [3.63, 3.8) is 0 Å². The number of halogens is 1. The number of aryl methyl sites for hydroxylation is 1. The van der Waals surface area contributed by atoms with E-state index < -0.39 is 5.91 Å². The Morgan fingerprint density at radius 3 is 2.45 bits per heavy atom. The summed E-state index contributed by atoms with van der Waals surface area (Å²) < 4.78 is 6.54. The number of methoxy groups -OCH3 is 1. The summed E-state index contributed by atoms with van der Waals surface area (Å²) in [6.07, 6.45) is 0. The molecule has 0 aliphatic heterocycles. The molecule has 0 aliphatic rings. The van der Waals surface area contributed by atoms with Gasteiger partial charge in [0.1, 0.15) is 28.8 Å². The average Bonchev–Trinajstić information content (AvgIpc) is 3.28. The first-order valence-electron chi connectivity index (χ1n) is 11.5. The van der Waals surface area contributed by atoms with Gasteiger partial charge >= 0.3 is 0 Å². The third-order valence-electron chi connectivity index (χ3n) is 5.89. The molecule has 5 rings (SSSR count). The molecular formula is C28H22ClN7O2. The maximum absolute atomic E-state index is 13.7. The van der Waals surface area contributed by atoms with Gasteiger partial charge in [-0.3, -0.25) is 4.79 Å². The molecule has 1 amide bonds. The largest absolute Gasteiger partial charge is 0.497 e. The van der Waals surface area contributed by atoms with Gasteiger partial charge in [0.15, 0.2) is 11.5 Å². The predicted octanol–water partition coefficient (Wildman–Crippen LogP) is 5.82. The molecule has 0 spiro atoms. The van der Waals surface area contributed by atoms with Crippen LogP contribution >= 0.6 is 11.6 Å². The average molecular weight is 524 g/mol. The lowest BCUT2D eigenvalue weighted by Gasteiger charge is -2.10. The van der Waals surface area contributed by atoms with Gasteiger partial charge in [0.25, 0.3) is 5.91 Å². The smallest absolute Gasteiger partial charge is 0.263 e. The molecule has 0 saturated carbocycles. The molecule has 3 aromatic carbocycles. The molecule has 10 heteroatoms. The zero-order chi connectivity index (χ0) is 26.8. The maximum atomic E-state index is 13.7. The Bertz CT molecular complexity index is 1710. The van der Waals surface area contributed by atoms with Gasteiger partial charge in [0, 0.05) is 22.0 Å². The van der Waals surface area contributed by atoms with Gasteiger partial charge in [-0.2, -0.15) is 9.78 Å². The van der Waals surface area contributed by atoms with Crippen molar-refractivity contribution < 1.29 is 9.53 Å². The number of nitrogen functional groups attached to an aromatic ring is 1. The van der Waals surface area contributed by atoms with Gasteiger partial charge in [0.2, 0.25) is 0 Å². The molecule has 0 aliphatic carbocycles. The number of rotatable bonds is 6. The minimum absolute atomic E-state index is 0.0670. The topological polar surface area (TPSA) is 130 Å². The number of hydrogen-bond acceptors (Lipinski definition) is 7. The number of nitrogens with two attached hydrogens (primary N) is 1. The van der Waals surface area contributed by atoms with Gasteiger partial charge in [-0.15, -0.1) is 5.10 Å². The van der Waals surface area contributed by atoms with E-state index in [2.05, 4.69) is 21.8 Å². The van der Waals surface area contributed by atoms with Crippen molar-refractivity contribution in [2.75, 3.05) is 23.5 Å². The summed E-state index contributed by atoms with van der Waals surface area (Å²) in [7, 11) is 1.58. The van der Waals surface area contributed by atoms with Crippen LogP contribution in [0.1, 0.15) is 21.5 Å². The zero-order valence-corrected chi connectivity index (χ0v) is 21.2. The normalized spacial score (nSPS) is 10.7. The fourth-order valence-electron chi connectivity index (χ4n) is 4.02. The first-order chi connectivity index (χ1) is 18.4. The van der Waals surface area contributed by atoms with E-state index in [1.165, 1.54) is 4.52 Å². The highest BCUT2D eigenvalue weighted by Gasteiger charge is 2.26. The minimum atomic E-state index is -0.467. The van der Waals surface area contributed by atoms with Gasteiger partial charge in [0.05, 0.1) is 12.8 Å². The molecular weight excluding hydrogens is 502 g/mol. The Labute approximate surface area is 223 Å². The highest BCUT2D eigenvalue weighted by molar-refractivity contribution is 6.30. The lowest BCUT2D eigenvalue weighted by molar-refractivity contribution is 0.102. The number of hydrogen-bond donors (Lipinski definition) is 3. The van der Waals surface area contributed by atoms with E-state index in [4.69, 9.17) is 27.1 Å². The SMILES string of the molecule is COc1ccc(Nc2nn3c(N)c(C#N)c(-c4cccc(C)c4)nc3c2C(=O)Nc2ccc(Cl)cc2)cc1. The van der Waals surface area contributed by atoms with Crippen LogP contribution in [0.5, 0.6) is 5.75 Å². The molecule has 0 saturated heterocycles. The number of carbonyl (C=O) groups excluding carboxylic acids is 1. The standard InChI is InChI=1S/C28H22ClN7O2/c1-16-4-3-5-17(14-16)24-22(15-30)25(31)36-27(34-24)23(28(37)33-20-8-6-18(29)7-9-20)26(35-36)32-19-10-12-21(38-2)13-11-19/h3-14H,31H2,1-2H3,(H,32,35)(H,33,37). The van der Waals surface area contributed by atoms with Crippen molar-refractivity contribution in [3.05, 3.63) is 94.5 Å². The Hall–Kier alpha value is -5.07. The summed E-state index contributed by atoms with van der Waals surface area (Å²) in [5.74, 6) is 0.493. The summed E-state index contributed by atoms with van der Waals surface area (Å²) in [6.45, 7) is 1.94. The summed E-state index contributed by atoms with van der Waals surface area (Å²) >= 11 is 6.00. The van der Waals surface area contributed by atoms with E-state index >= 15 is 0 Å². The van der Waals surface area contributed by atoms with Crippen LogP contribution in [0.4, 0.5) is 23.0 Å². The Balaban J connectivity index is 1.70. The van der Waals surface area contributed by atoms with Crippen LogP contribution < -0.4 is 21.1 Å². The summed E-state index contributed by atoms with van der Waals surface area (Å²) in [6, 6.07) is 23.6. The fourth-order valence-corrected chi connectivity index (χ4v) is 4.14. The van der Waals surface area contributed by atoms with Crippen molar-refractivity contribution in [2.45, 2.75) is 6.92 Å². The van der Waals surface area contributed by atoms with Crippen LogP contribution in [-0.4, -0.2) is 27.6 Å². The predicted molar refractivity (Wildman–Crippen MR) is 148 cm³/mol. The molecule has 0 radical (unpaired) electrons. The minimum Gasteiger partial charge on any atom is -0.497 e. The van der Waals surface area contributed by atoms with Crippen LogP contribution in [0.2, 0.25) is 5.02 Å². The number of amides is 1. The number of fused-ring (bicyclic) bond motifs is 1. The lowest BCUT2D eigenvalue weighted by Crippen LogP contribution is -2.14. The zero-order valence-electron chi connectivity index (χ0n) is 20.5. The van der Waals surface area contributed by atoms with Crippen LogP contribution in [-0.2, 0) is 0 Å². The third-order valence-corrected chi connectivity index (χ3v) is 6.14. The van der Waals surface area contributed by atoms with Crippen molar-refractivity contribution in [3.8, 4) is 23.1 Å². The molecule has 5 aromatic rings. The monoisotopic (exact) mass is 523 g/mol. The molecule has 2 aromatic heterocycles. The van der Waals surface area contributed by atoms with Crippen LogP contribution in [0.3, 0.4) is 0 Å². The molecule has 4 N–H and O–H groups in total. The summed E-state index contributed by atoms with van der Waals surface area (Å²) in [5.41, 5.74) is 10.2. The number of benzene rings is 3. The van der Waals surface area contributed by atoms with Gasteiger partial charge in [-0.1, -0.05) is 35.4 Å². The highest BCUT2D eigenvalue weighted by Crippen LogP contribution is 2.32. The molecule has 9 nitrogen and oxygen atoms in total. The molecule has 188 valence electrons. The van der Waals surface area contributed by atoms with Crippen molar-refractivity contribution >= 4 is 46.2 Å². The Kier molecular flexibility index (Phi) is 6.56. The van der Waals surface area contributed by atoms with E-state index in [1.54, 1.807) is 55.6 Å². The lowest BCUT2D eigenvalue weighted by atomic mass is 10.0. The second kappa shape index (κ2) is 10.1. The van der Waals surface area contributed by atoms with Gasteiger partial charge < -0.3 is 21.1 Å². The second-order valence-electron chi connectivity index (χ2n) is 8.48. The van der Waals surface area contributed by atoms with Crippen LogP contribution in [0.25, 0.3) is 16.9 Å². The number of ether oxygens (including phenoxy) is 1.